The monoisotopic (exact) mass is 224 g/mol. The quantitative estimate of drug-likeness (QED) is 0.701. The molecule has 0 saturated heterocycles. The van der Waals surface area contributed by atoms with Crippen molar-refractivity contribution in [3.8, 4) is 0 Å². The fraction of sp³-hybridized carbons (Fsp3) is 0.875. The normalized spacial score (nSPS) is 16.2. The molecule has 5 nitrogen and oxygen atoms in total. The van der Waals surface area contributed by atoms with Gasteiger partial charge in [-0.3, -0.25) is 4.79 Å². The molecule has 84 valence electrons. The summed E-state index contributed by atoms with van der Waals surface area (Å²) in [5, 5.41) is 6.54. The summed E-state index contributed by atoms with van der Waals surface area (Å²) >= 11 is 0. The number of carboxylic acids is 1. The third kappa shape index (κ3) is 3.26. The van der Waals surface area contributed by atoms with Gasteiger partial charge in [0, 0.05) is 13.7 Å². The Morgan fingerprint density at radius 2 is 1.93 bits per heavy atom. The minimum absolute atomic E-state index is 0.312. The van der Waals surface area contributed by atoms with Crippen molar-refractivity contribution in [2.24, 2.45) is 0 Å². The first-order valence-electron chi connectivity index (χ1n) is 4.28. The van der Waals surface area contributed by atoms with E-state index in [0.717, 1.165) is 0 Å². The molecular formula is C8H16O5S. The molecule has 0 aliphatic heterocycles. The first-order valence-corrected chi connectivity index (χ1v) is 5.89. The zero-order valence-corrected chi connectivity index (χ0v) is 9.37. The van der Waals surface area contributed by atoms with Crippen LogP contribution in [0.25, 0.3) is 0 Å². The first kappa shape index (κ1) is 13.4. The third-order valence-electron chi connectivity index (χ3n) is 2.13. The van der Waals surface area contributed by atoms with Gasteiger partial charge in [-0.2, -0.15) is 0 Å². The summed E-state index contributed by atoms with van der Waals surface area (Å²) in [6, 6.07) is 0. The van der Waals surface area contributed by atoms with Crippen LogP contribution in [0.5, 0.6) is 0 Å². The SMILES string of the molecule is COCCC(C)S(=O)(=O)C(C)C(=O)O. The van der Waals surface area contributed by atoms with Gasteiger partial charge in [0.2, 0.25) is 0 Å². The molecule has 1 N–H and O–H groups in total. The van der Waals surface area contributed by atoms with Gasteiger partial charge in [-0.05, 0) is 20.3 Å². The molecule has 0 fully saturated rings. The molecule has 0 amide bonds. The van der Waals surface area contributed by atoms with Crippen molar-refractivity contribution >= 4 is 15.8 Å². The van der Waals surface area contributed by atoms with Crippen LogP contribution in [0.15, 0.2) is 0 Å². The maximum Gasteiger partial charge on any atom is 0.321 e. The molecule has 6 heteroatoms. The number of carboxylic acid groups (broad SMARTS) is 1. The molecule has 0 aliphatic carbocycles. The zero-order chi connectivity index (χ0) is 11.4. The smallest absolute Gasteiger partial charge is 0.321 e. The second-order valence-corrected chi connectivity index (χ2v) is 5.85. The zero-order valence-electron chi connectivity index (χ0n) is 8.56. The van der Waals surface area contributed by atoms with Crippen molar-refractivity contribution in [1.29, 1.82) is 0 Å². The number of ether oxygens (including phenoxy) is 1. The number of rotatable bonds is 6. The fourth-order valence-electron chi connectivity index (χ4n) is 0.937. The summed E-state index contributed by atoms with van der Waals surface area (Å²) in [6.07, 6.45) is 0.316. The van der Waals surface area contributed by atoms with E-state index in [2.05, 4.69) is 0 Å². The van der Waals surface area contributed by atoms with Gasteiger partial charge in [-0.15, -0.1) is 0 Å². The Hall–Kier alpha value is -0.620. The number of hydrogen-bond acceptors (Lipinski definition) is 4. The van der Waals surface area contributed by atoms with Crippen molar-refractivity contribution in [3.63, 3.8) is 0 Å². The maximum absolute atomic E-state index is 11.5. The van der Waals surface area contributed by atoms with E-state index in [-0.39, 0.29) is 0 Å². The predicted molar refractivity (Wildman–Crippen MR) is 52.0 cm³/mol. The summed E-state index contributed by atoms with van der Waals surface area (Å²) in [5.41, 5.74) is 0. The highest BCUT2D eigenvalue weighted by atomic mass is 32.2. The van der Waals surface area contributed by atoms with Crippen molar-refractivity contribution in [3.05, 3.63) is 0 Å². The maximum atomic E-state index is 11.5. The topological polar surface area (TPSA) is 80.7 Å². The molecule has 14 heavy (non-hydrogen) atoms. The van der Waals surface area contributed by atoms with Crippen LogP contribution in [0.1, 0.15) is 20.3 Å². The Morgan fingerprint density at radius 1 is 1.43 bits per heavy atom. The van der Waals surface area contributed by atoms with E-state index in [0.29, 0.717) is 13.0 Å². The minimum atomic E-state index is -3.59. The number of hydrogen-bond donors (Lipinski definition) is 1. The lowest BCUT2D eigenvalue weighted by molar-refractivity contribution is -0.136. The molecule has 0 rings (SSSR count). The molecule has 0 aliphatic rings. The third-order valence-corrected chi connectivity index (χ3v) is 4.67. The van der Waals surface area contributed by atoms with Gasteiger partial charge in [0.05, 0.1) is 5.25 Å². The molecule has 0 spiro atoms. The van der Waals surface area contributed by atoms with Gasteiger partial charge in [-0.1, -0.05) is 0 Å². The number of methoxy groups -OCH3 is 1. The molecule has 0 saturated carbocycles. The lowest BCUT2D eigenvalue weighted by Crippen LogP contribution is -2.34. The lowest BCUT2D eigenvalue weighted by atomic mass is 10.3. The second-order valence-electron chi connectivity index (χ2n) is 3.16. The van der Waals surface area contributed by atoms with E-state index in [1.54, 1.807) is 0 Å². The summed E-state index contributed by atoms with van der Waals surface area (Å²) in [6.45, 7) is 2.99. The minimum Gasteiger partial charge on any atom is -0.480 e. The number of sulfone groups is 1. The van der Waals surface area contributed by atoms with Crippen LogP contribution < -0.4 is 0 Å². The van der Waals surface area contributed by atoms with Crippen LogP contribution in [-0.4, -0.2) is 43.7 Å². The number of aliphatic carboxylic acids is 1. The number of carbonyl (C=O) groups is 1. The summed E-state index contributed by atoms with van der Waals surface area (Å²) in [4.78, 5) is 10.5. The highest BCUT2D eigenvalue weighted by Crippen LogP contribution is 2.12. The average molecular weight is 224 g/mol. The highest BCUT2D eigenvalue weighted by molar-refractivity contribution is 7.93. The molecule has 0 aromatic heterocycles. The second kappa shape index (κ2) is 5.31. The molecule has 2 unspecified atom stereocenters. The van der Waals surface area contributed by atoms with E-state index in [9.17, 15) is 13.2 Å². The Morgan fingerprint density at radius 3 is 2.29 bits per heavy atom. The van der Waals surface area contributed by atoms with Gasteiger partial charge >= 0.3 is 5.97 Å². The standard InChI is InChI=1S/C8H16O5S/c1-6(4-5-13-3)14(11,12)7(2)8(9)10/h6-7H,4-5H2,1-3H3,(H,9,10). The molecular weight excluding hydrogens is 208 g/mol. The van der Waals surface area contributed by atoms with Crippen LogP contribution in [0.3, 0.4) is 0 Å². The Bertz CT molecular complexity index is 282. The van der Waals surface area contributed by atoms with Crippen LogP contribution in [0, 0.1) is 0 Å². The van der Waals surface area contributed by atoms with E-state index < -0.39 is 26.3 Å². The van der Waals surface area contributed by atoms with Gasteiger partial charge in [0.15, 0.2) is 15.1 Å². The summed E-state index contributed by atoms with van der Waals surface area (Å²) in [5.74, 6) is -1.31. The van der Waals surface area contributed by atoms with Gasteiger partial charge in [0.25, 0.3) is 0 Å². The molecule has 0 bridgehead atoms. The van der Waals surface area contributed by atoms with E-state index in [4.69, 9.17) is 9.84 Å². The Labute approximate surface area is 84.0 Å². The van der Waals surface area contributed by atoms with Crippen LogP contribution in [-0.2, 0) is 19.4 Å². The van der Waals surface area contributed by atoms with Crippen molar-refractivity contribution in [2.75, 3.05) is 13.7 Å². The lowest BCUT2D eigenvalue weighted by Gasteiger charge is -2.15. The molecule has 0 radical (unpaired) electrons. The van der Waals surface area contributed by atoms with Crippen molar-refractivity contribution < 1.29 is 23.1 Å². The highest BCUT2D eigenvalue weighted by Gasteiger charge is 2.32. The van der Waals surface area contributed by atoms with Gasteiger partial charge < -0.3 is 9.84 Å². The largest absolute Gasteiger partial charge is 0.480 e. The fourth-order valence-corrected chi connectivity index (χ4v) is 2.34. The summed E-state index contributed by atoms with van der Waals surface area (Å²) < 4.78 is 27.8. The first-order chi connectivity index (χ1) is 6.34. The van der Waals surface area contributed by atoms with Crippen LogP contribution in [0.2, 0.25) is 0 Å². The Balaban J connectivity index is 4.53. The molecule has 0 aromatic rings. The summed E-state index contributed by atoms with van der Waals surface area (Å²) in [7, 11) is -2.12. The Kier molecular flexibility index (Phi) is 5.07. The molecule has 2 atom stereocenters. The van der Waals surface area contributed by atoms with Crippen molar-refractivity contribution in [1.82, 2.24) is 0 Å². The van der Waals surface area contributed by atoms with Crippen LogP contribution in [0.4, 0.5) is 0 Å². The van der Waals surface area contributed by atoms with E-state index in [1.807, 2.05) is 0 Å². The average Bonchev–Trinajstić information content (AvgIpc) is 2.12. The van der Waals surface area contributed by atoms with E-state index in [1.165, 1.54) is 21.0 Å². The predicted octanol–water partition coefficient (Wildman–Crippen LogP) is 0.299. The van der Waals surface area contributed by atoms with Crippen molar-refractivity contribution in [2.45, 2.75) is 30.8 Å². The van der Waals surface area contributed by atoms with Crippen LogP contribution >= 0.6 is 0 Å². The van der Waals surface area contributed by atoms with Gasteiger partial charge in [0.1, 0.15) is 0 Å². The molecule has 0 aromatic carbocycles. The van der Waals surface area contributed by atoms with Gasteiger partial charge in [-0.25, -0.2) is 8.42 Å². The van der Waals surface area contributed by atoms with E-state index >= 15 is 0 Å². The molecule has 0 heterocycles.